The highest BCUT2D eigenvalue weighted by Gasteiger charge is 2.31. The number of nitrogens with zero attached hydrogens (tertiary/aromatic N) is 1. The molecule has 2 unspecified atom stereocenters. The summed E-state index contributed by atoms with van der Waals surface area (Å²) in [6, 6.07) is 14.1. The predicted molar refractivity (Wildman–Crippen MR) is 107 cm³/mol. The lowest BCUT2D eigenvalue weighted by Crippen LogP contribution is -2.40. The third kappa shape index (κ3) is 4.39. The molecule has 1 N–H and O–H groups in total. The molecule has 8 heteroatoms. The van der Waals surface area contributed by atoms with Crippen LogP contribution in [0.4, 0.5) is 5.69 Å². The molecule has 0 radical (unpaired) electrons. The molecule has 2 aromatic carbocycles. The molecular formula is C20H24N2O5S. The number of sulfonamides is 1. The van der Waals surface area contributed by atoms with Crippen molar-refractivity contribution in [1.82, 2.24) is 5.32 Å². The Kier molecular flexibility index (Phi) is 5.79. The van der Waals surface area contributed by atoms with Crippen molar-refractivity contribution in [3.05, 3.63) is 54.1 Å². The first-order valence-electron chi connectivity index (χ1n) is 8.97. The summed E-state index contributed by atoms with van der Waals surface area (Å²) in [5.74, 6) is 0.836. The standard InChI is InChI=1S/C20H24N2O5S/c1-14(15-8-10-16(26-2)11-9-15)21-20(23)19-12-13-22(28(3,24)25)17-6-4-5-7-18(17)27-19/h4-11,14,19H,12-13H2,1-3H3,(H,21,23). The Balaban J connectivity index is 1.76. The largest absolute Gasteiger partial charge is 0.497 e. The van der Waals surface area contributed by atoms with Crippen LogP contribution < -0.4 is 19.1 Å². The van der Waals surface area contributed by atoms with Gasteiger partial charge in [0.15, 0.2) is 6.10 Å². The highest BCUT2D eigenvalue weighted by molar-refractivity contribution is 7.92. The van der Waals surface area contributed by atoms with Gasteiger partial charge in [0, 0.05) is 13.0 Å². The molecule has 0 fully saturated rings. The lowest BCUT2D eigenvalue weighted by atomic mass is 10.1. The number of carbonyl (C=O) groups is 1. The van der Waals surface area contributed by atoms with Gasteiger partial charge < -0.3 is 14.8 Å². The summed E-state index contributed by atoms with van der Waals surface area (Å²) in [4.78, 5) is 12.8. The van der Waals surface area contributed by atoms with Gasteiger partial charge in [-0.25, -0.2) is 8.42 Å². The second kappa shape index (κ2) is 8.10. The van der Waals surface area contributed by atoms with E-state index in [2.05, 4.69) is 5.32 Å². The Bertz CT molecular complexity index is 943. The van der Waals surface area contributed by atoms with Crippen molar-refractivity contribution in [3.8, 4) is 11.5 Å². The molecule has 2 atom stereocenters. The van der Waals surface area contributed by atoms with Crippen LogP contribution >= 0.6 is 0 Å². The molecule has 1 amide bonds. The van der Waals surface area contributed by atoms with Gasteiger partial charge in [0.1, 0.15) is 11.5 Å². The third-order valence-corrected chi connectivity index (χ3v) is 5.84. The molecule has 0 saturated carbocycles. The SMILES string of the molecule is COc1ccc(C(C)NC(=O)C2CCN(S(C)(=O)=O)c3ccccc3O2)cc1. The molecule has 0 aliphatic carbocycles. The molecule has 1 heterocycles. The van der Waals surface area contributed by atoms with Crippen molar-refractivity contribution >= 4 is 21.6 Å². The van der Waals surface area contributed by atoms with E-state index in [-0.39, 0.29) is 24.9 Å². The van der Waals surface area contributed by atoms with Crippen LogP contribution in [0.25, 0.3) is 0 Å². The van der Waals surface area contributed by atoms with Gasteiger partial charge in [-0.2, -0.15) is 0 Å². The maximum atomic E-state index is 12.8. The number of hydrogen-bond donors (Lipinski definition) is 1. The molecule has 0 spiro atoms. The van der Waals surface area contributed by atoms with Gasteiger partial charge in [-0.3, -0.25) is 9.10 Å². The number of rotatable bonds is 5. The van der Waals surface area contributed by atoms with Crippen molar-refractivity contribution < 1.29 is 22.7 Å². The summed E-state index contributed by atoms with van der Waals surface area (Å²) < 4.78 is 36.6. The maximum Gasteiger partial charge on any atom is 0.261 e. The number of para-hydroxylation sites is 2. The number of ether oxygens (including phenoxy) is 2. The van der Waals surface area contributed by atoms with Gasteiger partial charge in [-0.05, 0) is 36.8 Å². The first kappa shape index (κ1) is 20.0. The smallest absolute Gasteiger partial charge is 0.261 e. The zero-order chi connectivity index (χ0) is 20.3. The number of amides is 1. The van der Waals surface area contributed by atoms with Crippen molar-refractivity contribution in [2.75, 3.05) is 24.2 Å². The summed E-state index contributed by atoms with van der Waals surface area (Å²) in [7, 11) is -1.88. The van der Waals surface area contributed by atoms with Gasteiger partial charge in [0.25, 0.3) is 5.91 Å². The lowest BCUT2D eigenvalue weighted by molar-refractivity contribution is -0.128. The van der Waals surface area contributed by atoms with E-state index in [1.807, 2.05) is 31.2 Å². The minimum absolute atomic E-state index is 0.171. The lowest BCUT2D eigenvalue weighted by Gasteiger charge is -2.20. The highest BCUT2D eigenvalue weighted by atomic mass is 32.2. The number of methoxy groups -OCH3 is 1. The second-order valence-corrected chi connectivity index (χ2v) is 8.61. The van der Waals surface area contributed by atoms with E-state index in [0.717, 1.165) is 17.6 Å². The summed E-state index contributed by atoms with van der Waals surface area (Å²) in [5.41, 5.74) is 1.38. The van der Waals surface area contributed by atoms with Crippen LogP contribution in [-0.4, -0.2) is 40.3 Å². The fourth-order valence-corrected chi connectivity index (χ4v) is 4.09. The van der Waals surface area contributed by atoms with Gasteiger partial charge in [-0.15, -0.1) is 0 Å². The van der Waals surface area contributed by atoms with Crippen LogP contribution in [0.3, 0.4) is 0 Å². The van der Waals surface area contributed by atoms with Gasteiger partial charge >= 0.3 is 0 Å². The maximum absolute atomic E-state index is 12.8. The quantitative estimate of drug-likeness (QED) is 0.828. The Hall–Kier alpha value is -2.74. The molecule has 28 heavy (non-hydrogen) atoms. The third-order valence-electron chi connectivity index (χ3n) is 4.66. The zero-order valence-electron chi connectivity index (χ0n) is 16.1. The molecule has 150 valence electrons. The molecule has 2 aromatic rings. The van der Waals surface area contributed by atoms with Crippen molar-refractivity contribution in [1.29, 1.82) is 0 Å². The first-order chi connectivity index (χ1) is 13.3. The Morgan fingerprint density at radius 2 is 1.89 bits per heavy atom. The second-order valence-electron chi connectivity index (χ2n) is 6.70. The monoisotopic (exact) mass is 404 g/mol. The van der Waals surface area contributed by atoms with Gasteiger partial charge in [0.2, 0.25) is 10.0 Å². The number of nitrogens with one attached hydrogen (secondary N) is 1. The summed E-state index contributed by atoms with van der Waals surface area (Å²) in [5, 5.41) is 2.94. The Labute approximate surface area is 165 Å². The topological polar surface area (TPSA) is 84.9 Å². The molecule has 3 rings (SSSR count). The normalized spacial score (nSPS) is 17.7. The van der Waals surface area contributed by atoms with Crippen LogP contribution in [0.5, 0.6) is 11.5 Å². The van der Waals surface area contributed by atoms with Gasteiger partial charge in [0.05, 0.1) is 25.1 Å². The van der Waals surface area contributed by atoms with Crippen LogP contribution in [0.1, 0.15) is 24.9 Å². The number of carbonyl (C=O) groups excluding carboxylic acids is 1. The minimum Gasteiger partial charge on any atom is -0.497 e. The molecule has 7 nitrogen and oxygen atoms in total. The highest BCUT2D eigenvalue weighted by Crippen LogP contribution is 2.34. The molecule has 1 aliphatic rings. The average molecular weight is 404 g/mol. The van der Waals surface area contributed by atoms with Gasteiger partial charge in [-0.1, -0.05) is 24.3 Å². The van der Waals surface area contributed by atoms with E-state index in [0.29, 0.717) is 11.4 Å². The van der Waals surface area contributed by atoms with E-state index < -0.39 is 16.1 Å². The summed E-state index contributed by atoms with van der Waals surface area (Å²) >= 11 is 0. The minimum atomic E-state index is -3.47. The van der Waals surface area contributed by atoms with Crippen LogP contribution in [0.15, 0.2) is 48.5 Å². The number of anilines is 1. The fraction of sp³-hybridized carbons (Fsp3) is 0.350. The number of benzene rings is 2. The van der Waals surface area contributed by atoms with Crippen molar-refractivity contribution in [2.24, 2.45) is 0 Å². The van der Waals surface area contributed by atoms with Crippen LogP contribution in [0, 0.1) is 0 Å². The van der Waals surface area contributed by atoms with E-state index in [9.17, 15) is 13.2 Å². The number of fused-ring (bicyclic) bond motifs is 1. The molecule has 1 aliphatic heterocycles. The van der Waals surface area contributed by atoms with Crippen molar-refractivity contribution in [2.45, 2.75) is 25.5 Å². The Morgan fingerprint density at radius 1 is 1.21 bits per heavy atom. The average Bonchev–Trinajstić information content (AvgIpc) is 2.87. The zero-order valence-corrected chi connectivity index (χ0v) is 16.9. The summed E-state index contributed by atoms with van der Waals surface area (Å²) in [6.45, 7) is 2.05. The predicted octanol–water partition coefficient (Wildman–Crippen LogP) is 2.49. The fourth-order valence-electron chi connectivity index (χ4n) is 3.14. The van der Waals surface area contributed by atoms with Crippen LogP contribution in [0.2, 0.25) is 0 Å². The summed E-state index contributed by atoms with van der Waals surface area (Å²) in [6.07, 6.45) is 0.618. The molecule has 0 bridgehead atoms. The first-order valence-corrected chi connectivity index (χ1v) is 10.8. The van der Waals surface area contributed by atoms with E-state index in [1.54, 1.807) is 31.4 Å². The van der Waals surface area contributed by atoms with Crippen molar-refractivity contribution in [3.63, 3.8) is 0 Å². The number of hydrogen-bond acceptors (Lipinski definition) is 5. The molecular weight excluding hydrogens is 380 g/mol. The Morgan fingerprint density at radius 3 is 2.54 bits per heavy atom. The van der Waals surface area contributed by atoms with E-state index in [4.69, 9.17) is 9.47 Å². The molecule has 0 aromatic heterocycles. The van der Waals surface area contributed by atoms with Crippen LogP contribution in [-0.2, 0) is 14.8 Å². The molecule has 0 saturated heterocycles. The van der Waals surface area contributed by atoms with E-state index in [1.165, 1.54) is 4.31 Å². The van der Waals surface area contributed by atoms with E-state index >= 15 is 0 Å².